The number of carbonyl (C=O) groups is 1. The molecule has 19 heavy (non-hydrogen) atoms. The van der Waals surface area contributed by atoms with Crippen LogP contribution in [0.5, 0.6) is 0 Å². The fourth-order valence-corrected chi connectivity index (χ4v) is 2.12. The third-order valence-electron chi connectivity index (χ3n) is 3.23. The van der Waals surface area contributed by atoms with Gasteiger partial charge in [-0.25, -0.2) is 0 Å². The molecule has 0 aliphatic heterocycles. The first kappa shape index (κ1) is 15.7. The largest absolute Gasteiger partial charge is 0.352 e. The second-order valence-corrected chi connectivity index (χ2v) is 5.54. The van der Waals surface area contributed by atoms with Crippen molar-refractivity contribution in [2.75, 3.05) is 0 Å². The number of hydrogen-bond donors (Lipinski definition) is 2. The first-order valence-corrected chi connectivity index (χ1v) is 7.12. The molecule has 0 aliphatic carbocycles. The third-order valence-corrected chi connectivity index (χ3v) is 3.23. The molecule has 2 atom stereocenters. The van der Waals surface area contributed by atoms with Crippen LogP contribution in [0.25, 0.3) is 0 Å². The van der Waals surface area contributed by atoms with Crippen molar-refractivity contribution in [3.8, 4) is 0 Å². The van der Waals surface area contributed by atoms with Gasteiger partial charge < -0.3 is 11.1 Å². The lowest BCUT2D eigenvalue weighted by molar-refractivity contribution is -0.123. The summed E-state index contributed by atoms with van der Waals surface area (Å²) < 4.78 is 0. The Hall–Kier alpha value is -1.35. The standard InChI is InChI=1S/C16H26N2O/c1-4-14(11-13-8-6-5-7-9-13)18-16(19)15(17)10-12(2)3/h5-9,12,14-15H,4,10-11,17H2,1-3H3,(H,18,19)/t14-,15-/m0/s1. The van der Waals surface area contributed by atoms with Crippen molar-refractivity contribution >= 4 is 5.91 Å². The summed E-state index contributed by atoms with van der Waals surface area (Å²) in [7, 11) is 0. The second-order valence-electron chi connectivity index (χ2n) is 5.54. The summed E-state index contributed by atoms with van der Waals surface area (Å²) in [6.07, 6.45) is 2.50. The van der Waals surface area contributed by atoms with Crippen LogP contribution in [0.15, 0.2) is 30.3 Å². The van der Waals surface area contributed by atoms with Gasteiger partial charge in [0.1, 0.15) is 0 Å². The molecule has 1 aromatic carbocycles. The SMILES string of the molecule is CC[C@@H](Cc1ccccc1)NC(=O)[C@@H](N)CC(C)C. The zero-order valence-corrected chi connectivity index (χ0v) is 12.2. The average Bonchev–Trinajstić information content (AvgIpc) is 2.38. The molecule has 0 saturated carbocycles. The average molecular weight is 262 g/mol. The number of nitrogens with one attached hydrogen (secondary N) is 1. The zero-order chi connectivity index (χ0) is 14.3. The van der Waals surface area contributed by atoms with E-state index in [-0.39, 0.29) is 11.9 Å². The molecule has 106 valence electrons. The van der Waals surface area contributed by atoms with Gasteiger partial charge in [0.05, 0.1) is 6.04 Å². The smallest absolute Gasteiger partial charge is 0.237 e. The van der Waals surface area contributed by atoms with E-state index in [0.29, 0.717) is 5.92 Å². The Labute approximate surface area is 116 Å². The fourth-order valence-electron chi connectivity index (χ4n) is 2.12. The third kappa shape index (κ3) is 5.88. The number of carbonyl (C=O) groups excluding carboxylic acids is 1. The van der Waals surface area contributed by atoms with Crippen LogP contribution in [-0.4, -0.2) is 18.0 Å². The normalized spacial score (nSPS) is 14.2. The van der Waals surface area contributed by atoms with Gasteiger partial charge in [0.2, 0.25) is 5.91 Å². The van der Waals surface area contributed by atoms with E-state index in [2.05, 4.69) is 38.2 Å². The number of hydrogen-bond acceptors (Lipinski definition) is 2. The van der Waals surface area contributed by atoms with E-state index < -0.39 is 6.04 Å². The van der Waals surface area contributed by atoms with Crippen molar-refractivity contribution in [2.45, 2.75) is 52.1 Å². The van der Waals surface area contributed by atoms with Crippen LogP contribution in [-0.2, 0) is 11.2 Å². The van der Waals surface area contributed by atoms with Crippen molar-refractivity contribution in [1.82, 2.24) is 5.32 Å². The summed E-state index contributed by atoms with van der Waals surface area (Å²) in [5.74, 6) is 0.409. The van der Waals surface area contributed by atoms with Gasteiger partial charge in [-0.1, -0.05) is 51.1 Å². The van der Waals surface area contributed by atoms with E-state index in [1.54, 1.807) is 0 Å². The quantitative estimate of drug-likeness (QED) is 0.793. The van der Waals surface area contributed by atoms with Crippen molar-refractivity contribution in [1.29, 1.82) is 0 Å². The molecule has 0 aromatic heterocycles. The molecule has 0 unspecified atom stereocenters. The Morgan fingerprint density at radius 2 is 1.89 bits per heavy atom. The Bertz CT molecular complexity index is 376. The highest BCUT2D eigenvalue weighted by Gasteiger charge is 2.18. The molecule has 0 spiro atoms. The Balaban J connectivity index is 2.50. The summed E-state index contributed by atoms with van der Waals surface area (Å²) in [4.78, 5) is 12.0. The van der Waals surface area contributed by atoms with Gasteiger partial charge >= 0.3 is 0 Å². The van der Waals surface area contributed by atoms with E-state index in [4.69, 9.17) is 5.73 Å². The maximum Gasteiger partial charge on any atom is 0.237 e. The van der Waals surface area contributed by atoms with E-state index in [1.165, 1.54) is 5.56 Å². The minimum Gasteiger partial charge on any atom is -0.352 e. The van der Waals surface area contributed by atoms with E-state index >= 15 is 0 Å². The lowest BCUT2D eigenvalue weighted by atomic mass is 10.0. The summed E-state index contributed by atoms with van der Waals surface area (Å²) in [5, 5.41) is 3.06. The molecule has 1 rings (SSSR count). The molecule has 0 heterocycles. The van der Waals surface area contributed by atoms with E-state index in [9.17, 15) is 4.79 Å². The lowest BCUT2D eigenvalue weighted by Gasteiger charge is -2.20. The van der Waals surface area contributed by atoms with Crippen LogP contribution < -0.4 is 11.1 Å². The highest BCUT2D eigenvalue weighted by molar-refractivity contribution is 5.81. The van der Waals surface area contributed by atoms with Crippen LogP contribution >= 0.6 is 0 Å². The number of benzene rings is 1. The first-order valence-electron chi connectivity index (χ1n) is 7.12. The minimum atomic E-state index is -0.398. The Kier molecular flexibility index (Phi) is 6.57. The predicted molar refractivity (Wildman–Crippen MR) is 79.8 cm³/mol. The van der Waals surface area contributed by atoms with Gasteiger partial charge in [0.15, 0.2) is 0 Å². The zero-order valence-electron chi connectivity index (χ0n) is 12.2. The molecule has 3 N–H and O–H groups in total. The van der Waals surface area contributed by atoms with Crippen LogP contribution in [0, 0.1) is 5.92 Å². The van der Waals surface area contributed by atoms with Crippen molar-refractivity contribution in [2.24, 2.45) is 11.7 Å². The molecule has 0 aliphatic rings. The summed E-state index contributed by atoms with van der Waals surface area (Å²) in [5.41, 5.74) is 7.15. The van der Waals surface area contributed by atoms with E-state index in [1.807, 2.05) is 18.2 Å². The van der Waals surface area contributed by atoms with Gasteiger partial charge in [-0.15, -0.1) is 0 Å². The van der Waals surface area contributed by atoms with Crippen molar-refractivity contribution in [3.05, 3.63) is 35.9 Å². The predicted octanol–water partition coefficient (Wildman–Crippen LogP) is 2.50. The molecule has 3 heteroatoms. The van der Waals surface area contributed by atoms with Gasteiger partial charge in [-0.3, -0.25) is 4.79 Å². The van der Waals surface area contributed by atoms with Crippen LogP contribution in [0.1, 0.15) is 39.2 Å². The maximum atomic E-state index is 12.0. The van der Waals surface area contributed by atoms with Crippen LogP contribution in [0.3, 0.4) is 0 Å². The molecule has 0 radical (unpaired) electrons. The van der Waals surface area contributed by atoms with Gasteiger partial charge in [0, 0.05) is 6.04 Å². The highest BCUT2D eigenvalue weighted by atomic mass is 16.2. The number of rotatable bonds is 7. The molecule has 0 bridgehead atoms. The van der Waals surface area contributed by atoms with Crippen molar-refractivity contribution in [3.63, 3.8) is 0 Å². The first-order chi connectivity index (χ1) is 9.02. The number of nitrogens with two attached hydrogens (primary N) is 1. The minimum absolute atomic E-state index is 0.0310. The molecule has 0 fully saturated rings. The van der Waals surface area contributed by atoms with Crippen LogP contribution in [0.2, 0.25) is 0 Å². The summed E-state index contributed by atoms with van der Waals surface area (Å²) >= 11 is 0. The van der Waals surface area contributed by atoms with Crippen LogP contribution in [0.4, 0.5) is 0 Å². The summed E-state index contributed by atoms with van der Waals surface area (Å²) in [6, 6.07) is 9.98. The summed E-state index contributed by atoms with van der Waals surface area (Å²) in [6.45, 7) is 6.24. The lowest BCUT2D eigenvalue weighted by Crippen LogP contribution is -2.46. The topological polar surface area (TPSA) is 55.1 Å². The molecular weight excluding hydrogens is 236 g/mol. The van der Waals surface area contributed by atoms with Crippen molar-refractivity contribution < 1.29 is 4.79 Å². The van der Waals surface area contributed by atoms with E-state index in [0.717, 1.165) is 19.3 Å². The Morgan fingerprint density at radius 3 is 2.42 bits per heavy atom. The molecule has 0 saturated heterocycles. The number of amides is 1. The maximum absolute atomic E-state index is 12.0. The molecular formula is C16H26N2O. The fraction of sp³-hybridized carbons (Fsp3) is 0.562. The van der Waals surface area contributed by atoms with Gasteiger partial charge in [-0.2, -0.15) is 0 Å². The van der Waals surface area contributed by atoms with Gasteiger partial charge in [0.25, 0.3) is 0 Å². The monoisotopic (exact) mass is 262 g/mol. The van der Waals surface area contributed by atoms with Gasteiger partial charge in [-0.05, 0) is 30.7 Å². The molecule has 1 amide bonds. The Morgan fingerprint density at radius 1 is 1.26 bits per heavy atom. The highest BCUT2D eigenvalue weighted by Crippen LogP contribution is 2.07. The molecule has 3 nitrogen and oxygen atoms in total. The second kappa shape index (κ2) is 7.95. The molecule has 1 aromatic rings.